The van der Waals surface area contributed by atoms with Gasteiger partial charge >= 0.3 is 0 Å². The summed E-state index contributed by atoms with van der Waals surface area (Å²) in [6.45, 7) is 10.8. The first-order valence-corrected chi connectivity index (χ1v) is 5.49. The number of hydrogen-bond donors (Lipinski definition) is 1. The molecule has 0 radical (unpaired) electrons. The molecule has 0 aromatic rings. The van der Waals surface area contributed by atoms with Crippen LogP contribution in [0, 0.1) is 0 Å². The molecule has 0 unspecified atom stereocenters. The van der Waals surface area contributed by atoms with E-state index < -0.39 is 17.7 Å². The van der Waals surface area contributed by atoms with Crippen molar-refractivity contribution >= 4 is 24.7 Å². The highest BCUT2D eigenvalue weighted by atomic mass is 31.2. The van der Waals surface area contributed by atoms with Crippen LogP contribution in [0.3, 0.4) is 0 Å². The van der Waals surface area contributed by atoms with Crippen LogP contribution in [0.25, 0.3) is 0 Å². The first-order valence-electron chi connectivity index (χ1n) is 3.83. The van der Waals surface area contributed by atoms with Crippen LogP contribution >= 0.6 is 7.37 Å². The van der Waals surface area contributed by atoms with Crippen LogP contribution < -0.4 is 0 Å². The average Bonchev–Trinajstić information content (AvgIpc) is 1.58. The SMILES string of the molecule is CC(C)(C)P(=O)(O)C(C)(C)C.[AlH3]. The van der Waals surface area contributed by atoms with Gasteiger partial charge in [0.2, 0.25) is 7.37 Å². The van der Waals surface area contributed by atoms with Gasteiger partial charge in [0.25, 0.3) is 0 Å². The molecule has 0 aliphatic rings. The van der Waals surface area contributed by atoms with Crippen LogP contribution in [0.2, 0.25) is 0 Å². The summed E-state index contributed by atoms with van der Waals surface area (Å²) in [4.78, 5) is 9.74. The summed E-state index contributed by atoms with van der Waals surface area (Å²) in [5, 5.41) is -1.02. The minimum absolute atomic E-state index is 0. The van der Waals surface area contributed by atoms with Crippen molar-refractivity contribution in [1.29, 1.82) is 0 Å². The lowest BCUT2D eigenvalue weighted by Gasteiger charge is -2.35. The van der Waals surface area contributed by atoms with Gasteiger partial charge in [0.1, 0.15) is 0 Å². The van der Waals surface area contributed by atoms with E-state index in [9.17, 15) is 9.46 Å². The summed E-state index contributed by atoms with van der Waals surface area (Å²) in [5.74, 6) is 0. The highest BCUT2D eigenvalue weighted by Gasteiger charge is 2.44. The van der Waals surface area contributed by atoms with Crippen molar-refractivity contribution < 1.29 is 9.46 Å². The minimum atomic E-state index is -3.06. The lowest BCUT2D eigenvalue weighted by molar-refractivity contribution is 0.413. The third-order valence-electron chi connectivity index (χ3n) is 1.82. The molecule has 0 fully saturated rings. The second-order valence-corrected chi connectivity index (χ2v) is 8.75. The van der Waals surface area contributed by atoms with Crippen LogP contribution in [0.4, 0.5) is 0 Å². The van der Waals surface area contributed by atoms with Crippen molar-refractivity contribution in [1.82, 2.24) is 0 Å². The molecule has 0 saturated heterocycles. The Kier molecular flexibility index (Phi) is 4.87. The van der Waals surface area contributed by atoms with Gasteiger partial charge < -0.3 is 4.89 Å². The average molecular weight is 208 g/mol. The van der Waals surface area contributed by atoms with Gasteiger partial charge in [0.15, 0.2) is 17.4 Å². The molecule has 74 valence electrons. The molecule has 0 amide bonds. The molecule has 4 heteroatoms. The van der Waals surface area contributed by atoms with Gasteiger partial charge in [-0.1, -0.05) is 41.5 Å². The third kappa shape index (κ3) is 2.89. The largest absolute Gasteiger partial charge is 0.344 e. The Morgan fingerprint density at radius 1 is 0.917 bits per heavy atom. The second kappa shape index (κ2) is 3.84. The zero-order valence-electron chi connectivity index (χ0n) is 8.30. The van der Waals surface area contributed by atoms with E-state index in [1.54, 1.807) is 41.5 Å². The standard InChI is InChI=1S/C8H19O2P.Al.3H/c1-7(2,3)11(9,10)8(4,5)6;;;;/h1-6H3,(H,9,10);;;;. The molecule has 12 heavy (non-hydrogen) atoms. The van der Waals surface area contributed by atoms with Gasteiger partial charge in [-0.3, -0.25) is 4.57 Å². The Morgan fingerprint density at radius 3 is 1.08 bits per heavy atom. The Morgan fingerprint density at radius 2 is 1.08 bits per heavy atom. The van der Waals surface area contributed by atoms with Gasteiger partial charge in [-0.2, -0.15) is 0 Å². The van der Waals surface area contributed by atoms with E-state index in [1.807, 2.05) is 0 Å². The smallest absolute Gasteiger partial charge is 0.210 e. The molecule has 0 bridgehead atoms. The van der Waals surface area contributed by atoms with Gasteiger partial charge in [0, 0.05) is 10.3 Å². The van der Waals surface area contributed by atoms with E-state index in [0.29, 0.717) is 0 Å². The van der Waals surface area contributed by atoms with E-state index in [2.05, 4.69) is 0 Å². The molecular formula is C8H22AlO2P. The van der Waals surface area contributed by atoms with E-state index >= 15 is 0 Å². The van der Waals surface area contributed by atoms with Crippen LogP contribution in [0.1, 0.15) is 41.5 Å². The highest BCUT2D eigenvalue weighted by Crippen LogP contribution is 2.63. The fourth-order valence-electron chi connectivity index (χ4n) is 1.01. The van der Waals surface area contributed by atoms with Gasteiger partial charge in [-0.15, -0.1) is 0 Å². The molecule has 1 N–H and O–H groups in total. The Bertz CT molecular complexity index is 170. The topological polar surface area (TPSA) is 37.3 Å². The normalized spacial score (nSPS) is 13.9. The van der Waals surface area contributed by atoms with Gasteiger partial charge in [-0.05, 0) is 0 Å². The minimum Gasteiger partial charge on any atom is -0.344 e. The van der Waals surface area contributed by atoms with Crippen molar-refractivity contribution in [3.8, 4) is 0 Å². The Hall–Kier alpha value is 0.722. The lowest BCUT2D eigenvalue weighted by Crippen LogP contribution is -2.28. The zero-order chi connectivity index (χ0) is 9.50. The van der Waals surface area contributed by atoms with E-state index in [1.165, 1.54) is 0 Å². The first-order chi connectivity index (χ1) is 4.50. The highest BCUT2D eigenvalue weighted by molar-refractivity contribution is 7.61. The maximum absolute atomic E-state index is 11.8. The maximum Gasteiger partial charge on any atom is 0.210 e. The van der Waals surface area contributed by atoms with Crippen LogP contribution in [0.15, 0.2) is 0 Å². The molecule has 0 atom stereocenters. The molecule has 0 rings (SSSR count). The fourth-order valence-corrected chi connectivity index (χ4v) is 3.02. The van der Waals surface area contributed by atoms with Crippen molar-refractivity contribution in [2.75, 3.05) is 0 Å². The summed E-state index contributed by atoms with van der Waals surface area (Å²) < 4.78 is 11.8. The number of hydrogen-bond acceptors (Lipinski definition) is 1. The molecule has 0 saturated carbocycles. The summed E-state index contributed by atoms with van der Waals surface area (Å²) in [6.07, 6.45) is 0. The summed E-state index contributed by atoms with van der Waals surface area (Å²) >= 11 is 0. The zero-order valence-corrected chi connectivity index (χ0v) is 9.20. The molecule has 0 aromatic heterocycles. The molecule has 0 aliphatic carbocycles. The molecule has 0 aliphatic heterocycles. The predicted molar refractivity (Wildman–Crippen MR) is 59.3 cm³/mol. The predicted octanol–water partition coefficient (Wildman–Crippen LogP) is 1.67. The lowest BCUT2D eigenvalue weighted by atomic mass is 10.2. The Labute approximate surface area is 86.3 Å². The molecule has 0 aromatic carbocycles. The summed E-state index contributed by atoms with van der Waals surface area (Å²) in [6, 6.07) is 0. The number of rotatable bonds is 0. The third-order valence-corrected chi connectivity index (χ3v) is 5.46. The van der Waals surface area contributed by atoms with Crippen molar-refractivity contribution in [3.05, 3.63) is 0 Å². The van der Waals surface area contributed by atoms with Crippen LogP contribution in [-0.4, -0.2) is 32.6 Å². The van der Waals surface area contributed by atoms with Crippen molar-refractivity contribution in [3.63, 3.8) is 0 Å². The van der Waals surface area contributed by atoms with E-state index in [0.717, 1.165) is 0 Å². The molecule has 2 nitrogen and oxygen atoms in total. The quantitative estimate of drug-likeness (QED) is 0.485. The Balaban J connectivity index is 0. The van der Waals surface area contributed by atoms with Gasteiger partial charge in [-0.25, -0.2) is 0 Å². The van der Waals surface area contributed by atoms with Crippen molar-refractivity contribution in [2.45, 2.75) is 51.9 Å². The molecular weight excluding hydrogens is 186 g/mol. The fraction of sp³-hybridized carbons (Fsp3) is 1.00. The van der Waals surface area contributed by atoms with E-state index in [-0.39, 0.29) is 17.4 Å². The monoisotopic (exact) mass is 208 g/mol. The second-order valence-electron chi connectivity index (χ2n) is 4.92. The van der Waals surface area contributed by atoms with Crippen LogP contribution in [0.5, 0.6) is 0 Å². The van der Waals surface area contributed by atoms with Crippen molar-refractivity contribution in [2.24, 2.45) is 0 Å². The molecule has 0 heterocycles. The van der Waals surface area contributed by atoms with Gasteiger partial charge in [0.05, 0.1) is 0 Å². The summed E-state index contributed by atoms with van der Waals surface area (Å²) in [5.41, 5.74) is 0. The maximum atomic E-state index is 11.8. The molecule has 0 spiro atoms. The van der Waals surface area contributed by atoms with Crippen LogP contribution in [-0.2, 0) is 4.57 Å². The summed E-state index contributed by atoms with van der Waals surface area (Å²) in [7, 11) is -3.06. The first kappa shape index (κ1) is 15.2. The van der Waals surface area contributed by atoms with E-state index in [4.69, 9.17) is 0 Å².